The van der Waals surface area contributed by atoms with E-state index in [2.05, 4.69) is 0 Å². The zero-order valence-corrected chi connectivity index (χ0v) is 9.51. The minimum atomic E-state index is -1.50. The van der Waals surface area contributed by atoms with E-state index >= 15 is 0 Å². The fourth-order valence-electron chi connectivity index (χ4n) is 1.65. The normalized spacial score (nSPS) is 10.4. The summed E-state index contributed by atoms with van der Waals surface area (Å²) in [7, 11) is 1.45. The van der Waals surface area contributed by atoms with Crippen molar-refractivity contribution in [2.75, 3.05) is 12.8 Å². The van der Waals surface area contributed by atoms with Crippen LogP contribution in [0.3, 0.4) is 0 Å². The van der Waals surface area contributed by atoms with Gasteiger partial charge in [0, 0.05) is 5.56 Å². The van der Waals surface area contributed by atoms with E-state index in [1.165, 1.54) is 25.3 Å². The highest BCUT2D eigenvalue weighted by Crippen LogP contribution is 2.31. The quantitative estimate of drug-likeness (QED) is 0.658. The second-order valence-electron chi connectivity index (χ2n) is 3.68. The maximum atomic E-state index is 13.6. The average Bonchev–Trinajstić information content (AvgIpc) is 2.36. The first kappa shape index (κ1) is 12.3. The SMILES string of the molecule is COc1ccc(-c2ccc(F)c(F)c2F)cc1N. The lowest BCUT2D eigenvalue weighted by atomic mass is 10.0. The molecule has 94 valence electrons. The largest absolute Gasteiger partial charge is 0.495 e. The van der Waals surface area contributed by atoms with Crippen LogP contribution in [0, 0.1) is 17.5 Å². The average molecular weight is 253 g/mol. The molecule has 0 spiro atoms. The predicted molar refractivity (Wildman–Crippen MR) is 62.7 cm³/mol. The number of ether oxygens (including phenoxy) is 1. The van der Waals surface area contributed by atoms with Gasteiger partial charge in [-0.1, -0.05) is 6.07 Å². The zero-order chi connectivity index (χ0) is 13.3. The third-order valence-corrected chi connectivity index (χ3v) is 2.58. The topological polar surface area (TPSA) is 35.2 Å². The standard InChI is InChI=1S/C13H10F3NO/c1-18-11-5-2-7(6-10(11)17)8-3-4-9(14)13(16)12(8)15/h2-6H,17H2,1H3. The smallest absolute Gasteiger partial charge is 0.195 e. The number of anilines is 1. The van der Waals surface area contributed by atoms with E-state index < -0.39 is 17.5 Å². The molecule has 0 aliphatic heterocycles. The number of hydrogen-bond acceptors (Lipinski definition) is 2. The molecule has 2 rings (SSSR count). The van der Waals surface area contributed by atoms with Crippen LogP contribution in [0.25, 0.3) is 11.1 Å². The van der Waals surface area contributed by atoms with Gasteiger partial charge in [0.15, 0.2) is 17.5 Å². The van der Waals surface area contributed by atoms with Crippen molar-refractivity contribution in [2.24, 2.45) is 0 Å². The molecule has 2 nitrogen and oxygen atoms in total. The molecule has 0 aromatic heterocycles. The Morgan fingerprint density at radius 2 is 1.72 bits per heavy atom. The van der Waals surface area contributed by atoms with Crippen LogP contribution in [-0.4, -0.2) is 7.11 Å². The number of nitrogens with two attached hydrogens (primary N) is 1. The minimum absolute atomic E-state index is 0.0525. The number of nitrogen functional groups attached to an aromatic ring is 1. The maximum Gasteiger partial charge on any atom is 0.195 e. The van der Waals surface area contributed by atoms with Crippen LogP contribution >= 0.6 is 0 Å². The Morgan fingerprint density at radius 3 is 2.33 bits per heavy atom. The lowest BCUT2D eigenvalue weighted by Gasteiger charge is -2.08. The van der Waals surface area contributed by atoms with Gasteiger partial charge in [-0.05, 0) is 29.8 Å². The van der Waals surface area contributed by atoms with Gasteiger partial charge in [0.1, 0.15) is 5.75 Å². The lowest BCUT2D eigenvalue weighted by Crippen LogP contribution is -1.96. The Labute approximate surface area is 102 Å². The van der Waals surface area contributed by atoms with Crippen molar-refractivity contribution < 1.29 is 17.9 Å². The number of rotatable bonds is 2. The van der Waals surface area contributed by atoms with Gasteiger partial charge in [0.2, 0.25) is 0 Å². The van der Waals surface area contributed by atoms with E-state index in [-0.39, 0.29) is 5.56 Å². The molecule has 0 heterocycles. The fraction of sp³-hybridized carbons (Fsp3) is 0.0769. The fourth-order valence-corrected chi connectivity index (χ4v) is 1.65. The van der Waals surface area contributed by atoms with Gasteiger partial charge in [-0.25, -0.2) is 13.2 Å². The van der Waals surface area contributed by atoms with Crippen LogP contribution in [0.5, 0.6) is 5.75 Å². The first-order chi connectivity index (χ1) is 8.54. The Kier molecular flexibility index (Phi) is 3.14. The molecule has 2 aromatic carbocycles. The van der Waals surface area contributed by atoms with Gasteiger partial charge < -0.3 is 10.5 Å². The van der Waals surface area contributed by atoms with Crippen molar-refractivity contribution in [3.8, 4) is 16.9 Å². The van der Waals surface area contributed by atoms with Crippen molar-refractivity contribution in [3.63, 3.8) is 0 Å². The monoisotopic (exact) mass is 253 g/mol. The highest BCUT2D eigenvalue weighted by molar-refractivity contribution is 5.71. The van der Waals surface area contributed by atoms with Crippen molar-refractivity contribution in [1.29, 1.82) is 0 Å². The van der Waals surface area contributed by atoms with Gasteiger partial charge in [0.05, 0.1) is 12.8 Å². The van der Waals surface area contributed by atoms with Crippen LogP contribution in [0.1, 0.15) is 0 Å². The van der Waals surface area contributed by atoms with Crippen LogP contribution in [0.15, 0.2) is 30.3 Å². The van der Waals surface area contributed by atoms with E-state index in [0.717, 1.165) is 12.1 Å². The summed E-state index contributed by atoms with van der Waals surface area (Å²) in [6.07, 6.45) is 0. The van der Waals surface area contributed by atoms with Crippen molar-refractivity contribution in [3.05, 3.63) is 47.8 Å². The Balaban J connectivity index is 2.56. The Hall–Kier alpha value is -2.17. The highest BCUT2D eigenvalue weighted by atomic mass is 19.2. The molecule has 0 atom stereocenters. The summed E-state index contributed by atoms with van der Waals surface area (Å²) in [5.41, 5.74) is 6.26. The summed E-state index contributed by atoms with van der Waals surface area (Å²) in [6.45, 7) is 0. The van der Waals surface area contributed by atoms with Crippen molar-refractivity contribution in [1.82, 2.24) is 0 Å². The Morgan fingerprint density at radius 1 is 1.00 bits per heavy atom. The molecule has 0 saturated heterocycles. The molecule has 2 aromatic rings. The third kappa shape index (κ3) is 1.99. The van der Waals surface area contributed by atoms with E-state index in [1.54, 1.807) is 0 Å². The van der Waals surface area contributed by atoms with E-state index in [9.17, 15) is 13.2 Å². The van der Waals surface area contributed by atoms with Crippen LogP contribution in [-0.2, 0) is 0 Å². The summed E-state index contributed by atoms with van der Waals surface area (Å²) in [5.74, 6) is -3.53. The summed E-state index contributed by atoms with van der Waals surface area (Å²) >= 11 is 0. The number of benzene rings is 2. The molecule has 18 heavy (non-hydrogen) atoms. The predicted octanol–water partition coefficient (Wildman–Crippen LogP) is 3.36. The van der Waals surface area contributed by atoms with Crippen LogP contribution in [0.4, 0.5) is 18.9 Å². The van der Waals surface area contributed by atoms with Gasteiger partial charge >= 0.3 is 0 Å². The van der Waals surface area contributed by atoms with E-state index in [0.29, 0.717) is 17.0 Å². The number of halogens is 3. The van der Waals surface area contributed by atoms with Gasteiger partial charge in [0.25, 0.3) is 0 Å². The minimum Gasteiger partial charge on any atom is -0.495 e. The second-order valence-corrected chi connectivity index (χ2v) is 3.68. The highest BCUT2D eigenvalue weighted by Gasteiger charge is 2.15. The molecule has 0 aliphatic carbocycles. The number of hydrogen-bond donors (Lipinski definition) is 1. The first-order valence-electron chi connectivity index (χ1n) is 5.12. The summed E-state index contributed by atoms with van der Waals surface area (Å²) in [6, 6.07) is 6.52. The number of methoxy groups -OCH3 is 1. The molecule has 0 bridgehead atoms. The summed E-state index contributed by atoms with van der Waals surface area (Å²) in [4.78, 5) is 0. The molecule has 0 radical (unpaired) electrons. The van der Waals surface area contributed by atoms with Gasteiger partial charge in [-0.3, -0.25) is 0 Å². The van der Waals surface area contributed by atoms with Crippen LogP contribution < -0.4 is 10.5 Å². The van der Waals surface area contributed by atoms with Gasteiger partial charge in [-0.2, -0.15) is 0 Å². The molecule has 0 saturated carbocycles. The molecule has 5 heteroatoms. The molecular formula is C13H10F3NO. The molecular weight excluding hydrogens is 243 g/mol. The molecule has 0 amide bonds. The molecule has 0 unspecified atom stereocenters. The van der Waals surface area contributed by atoms with E-state index in [4.69, 9.17) is 10.5 Å². The Bertz CT molecular complexity index is 599. The van der Waals surface area contributed by atoms with Crippen molar-refractivity contribution in [2.45, 2.75) is 0 Å². The second kappa shape index (κ2) is 4.60. The van der Waals surface area contributed by atoms with Crippen molar-refractivity contribution >= 4 is 5.69 Å². The molecule has 2 N–H and O–H groups in total. The van der Waals surface area contributed by atoms with Gasteiger partial charge in [-0.15, -0.1) is 0 Å². The maximum absolute atomic E-state index is 13.6. The zero-order valence-electron chi connectivity index (χ0n) is 9.51. The third-order valence-electron chi connectivity index (χ3n) is 2.58. The summed E-state index contributed by atoms with van der Waals surface area (Å²) in [5, 5.41) is 0. The lowest BCUT2D eigenvalue weighted by molar-refractivity contribution is 0.417. The summed E-state index contributed by atoms with van der Waals surface area (Å²) < 4.78 is 44.5. The molecule has 0 aliphatic rings. The molecule has 0 fully saturated rings. The van der Waals surface area contributed by atoms with Crippen LogP contribution in [0.2, 0.25) is 0 Å². The first-order valence-corrected chi connectivity index (χ1v) is 5.12. The van der Waals surface area contributed by atoms with E-state index in [1.807, 2.05) is 0 Å².